The number of anilines is 1. The molecule has 3 aliphatic rings. The highest BCUT2D eigenvalue weighted by Crippen LogP contribution is 2.38. The fourth-order valence-electron chi connectivity index (χ4n) is 4.57. The molecule has 0 aromatic carbocycles. The number of hydrogen-bond donors (Lipinski definition) is 1. The fourth-order valence-corrected chi connectivity index (χ4v) is 4.57. The maximum Gasteiger partial charge on any atom is 0.137 e. The second-order valence-corrected chi connectivity index (χ2v) is 7.69. The van der Waals surface area contributed by atoms with Crippen LogP contribution in [0.15, 0.2) is 36.0 Å². The highest BCUT2D eigenvalue weighted by Gasteiger charge is 2.35. The molecule has 5 heteroatoms. The lowest BCUT2D eigenvalue weighted by Crippen LogP contribution is -2.44. The Kier molecular flexibility index (Phi) is 7.24. The van der Waals surface area contributed by atoms with E-state index in [1.54, 1.807) is 6.92 Å². The molecule has 1 aliphatic carbocycles. The maximum absolute atomic E-state index is 4.83. The molecule has 29 heavy (non-hydrogen) atoms. The number of piperazine rings is 1. The zero-order valence-electron chi connectivity index (χ0n) is 18.0. The quantitative estimate of drug-likeness (QED) is 0.798. The zero-order valence-corrected chi connectivity index (χ0v) is 18.0. The first kappa shape index (κ1) is 21.3. The largest absolute Gasteiger partial charge is 0.354 e. The number of allylic oxidation sites excluding steroid dienone is 3. The second kappa shape index (κ2) is 9.87. The third-order valence-corrected chi connectivity index (χ3v) is 5.76. The summed E-state index contributed by atoms with van der Waals surface area (Å²) in [7, 11) is 0. The Balaban J connectivity index is 0.000000755. The van der Waals surface area contributed by atoms with E-state index in [1.165, 1.54) is 28.8 Å². The molecule has 0 radical (unpaired) electrons. The molecule has 1 aromatic rings. The van der Waals surface area contributed by atoms with Crippen molar-refractivity contribution in [3.8, 4) is 12.3 Å². The second-order valence-electron chi connectivity index (χ2n) is 7.69. The van der Waals surface area contributed by atoms with Crippen LogP contribution < -0.4 is 10.2 Å². The number of aryl methyl sites for hydroxylation is 1. The molecule has 154 valence electrons. The molecule has 0 spiro atoms. The first-order valence-electron chi connectivity index (χ1n) is 10.5. The van der Waals surface area contributed by atoms with Gasteiger partial charge in [-0.3, -0.25) is 4.90 Å². The summed E-state index contributed by atoms with van der Waals surface area (Å²) in [6, 6.07) is 0.448. The molecule has 1 aromatic heterocycles. The van der Waals surface area contributed by atoms with Crippen molar-refractivity contribution in [2.24, 2.45) is 0 Å². The molecule has 1 saturated heterocycles. The third-order valence-electron chi connectivity index (χ3n) is 5.76. The van der Waals surface area contributed by atoms with E-state index in [0.29, 0.717) is 6.04 Å². The summed E-state index contributed by atoms with van der Waals surface area (Å²) >= 11 is 0. The minimum absolute atomic E-state index is 0.448. The predicted molar refractivity (Wildman–Crippen MR) is 121 cm³/mol. The van der Waals surface area contributed by atoms with Crippen LogP contribution in [0.1, 0.15) is 43.8 Å². The van der Waals surface area contributed by atoms with Crippen molar-refractivity contribution < 1.29 is 0 Å². The number of aromatic nitrogens is 2. The molecule has 1 unspecified atom stereocenters. The molecule has 1 atom stereocenters. The average Bonchev–Trinajstić information content (AvgIpc) is 3.32. The predicted octanol–water partition coefficient (Wildman–Crippen LogP) is 3.37. The lowest BCUT2D eigenvalue weighted by molar-refractivity contribution is 0.225. The van der Waals surface area contributed by atoms with Gasteiger partial charge in [-0.15, -0.1) is 12.3 Å². The van der Waals surface area contributed by atoms with Crippen LogP contribution >= 0.6 is 0 Å². The molecular formula is C24H33N5. The van der Waals surface area contributed by atoms with Crippen molar-refractivity contribution >= 4 is 5.82 Å². The van der Waals surface area contributed by atoms with Gasteiger partial charge >= 0.3 is 0 Å². The van der Waals surface area contributed by atoms with Crippen molar-refractivity contribution in [2.45, 2.75) is 52.7 Å². The first-order valence-corrected chi connectivity index (χ1v) is 10.5. The Labute approximate surface area is 175 Å². The molecule has 5 nitrogen and oxygen atoms in total. The van der Waals surface area contributed by atoms with Crippen molar-refractivity contribution in [2.75, 3.05) is 31.1 Å². The smallest absolute Gasteiger partial charge is 0.137 e. The van der Waals surface area contributed by atoms with Gasteiger partial charge in [-0.1, -0.05) is 24.8 Å². The van der Waals surface area contributed by atoms with E-state index in [4.69, 9.17) is 9.97 Å². The van der Waals surface area contributed by atoms with Gasteiger partial charge in [0.1, 0.15) is 11.6 Å². The summed E-state index contributed by atoms with van der Waals surface area (Å²) in [5.74, 6) is 4.30. The Hall–Kier alpha value is -2.42. The molecule has 2 aliphatic heterocycles. The van der Waals surface area contributed by atoms with Gasteiger partial charge in [-0.05, 0) is 44.8 Å². The van der Waals surface area contributed by atoms with E-state index in [-0.39, 0.29) is 0 Å². The van der Waals surface area contributed by atoms with Gasteiger partial charge in [0.15, 0.2) is 0 Å². The number of terminal acetylenes is 1. The van der Waals surface area contributed by atoms with Crippen LogP contribution in [0.25, 0.3) is 0 Å². The normalized spacial score (nSPS) is 21.7. The van der Waals surface area contributed by atoms with Gasteiger partial charge in [0.25, 0.3) is 0 Å². The fraction of sp³-hybridized carbons (Fsp3) is 0.500. The summed E-state index contributed by atoms with van der Waals surface area (Å²) in [6.45, 7) is 15.8. The van der Waals surface area contributed by atoms with Gasteiger partial charge in [-0.25, -0.2) is 9.97 Å². The van der Waals surface area contributed by atoms with Crippen LogP contribution in [0.2, 0.25) is 0 Å². The molecule has 1 N–H and O–H groups in total. The molecule has 0 amide bonds. The minimum atomic E-state index is 0.448. The Morgan fingerprint density at radius 3 is 2.62 bits per heavy atom. The van der Waals surface area contributed by atoms with Crippen molar-refractivity contribution in [1.29, 1.82) is 0 Å². The van der Waals surface area contributed by atoms with Gasteiger partial charge in [0, 0.05) is 50.9 Å². The Bertz CT molecular complexity index is 840. The Morgan fingerprint density at radius 1 is 1.24 bits per heavy atom. The summed E-state index contributed by atoms with van der Waals surface area (Å²) in [4.78, 5) is 14.6. The Morgan fingerprint density at radius 2 is 1.97 bits per heavy atom. The molecular weight excluding hydrogens is 358 g/mol. The lowest BCUT2D eigenvalue weighted by Gasteiger charge is -2.30. The van der Waals surface area contributed by atoms with Crippen molar-refractivity contribution in [1.82, 2.24) is 20.2 Å². The number of fused-ring (bicyclic) bond motifs is 1. The number of nitrogens with one attached hydrogen (secondary N) is 1. The monoisotopic (exact) mass is 391 g/mol. The summed E-state index contributed by atoms with van der Waals surface area (Å²) in [5.41, 5.74) is 5.38. The van der Waals surface area contributed by atoms with E-state index < -0.39 is 0 Å². The molecule has 1 fully saturated rings. The van der Waals surface area contributed by atoms with Crippen LogP contribution in [-0.4, -0.2) is 47.1 Å². The topological polar surface area (TPSA) is 44.3 Å². The summed E-state index contributed by atoms with van der Waals surface area (Å²) in [6.07, 6.45) is 13.3. The van der Waals surface area contributed by atoms with Crippen LogP contribution in [0, 0.1) is 19.3 Å². The van der Waals surface area contributed by atoms with E-state index in [9.17, 15) is 0 Å². The molecule has 0 bridgehead atoms. The summed E-state index contributed by atoms with van der Waals surface area (Å²) < 4.78 is 0. The highest BCUT2D eigenvalue weighted by molar-refractivity contribution is 5.52. The first-order chi connectivity index (χ1) is 14.1. The number of nitrogens with zero attached hydrogens (tertiary/aromatic N) is 4. The van der Waals surface area contributed by atoms with Gasteiger partial charge < -0.3 is 10.2 Å². The van der Waals surface area contributed by atoms with Gasteiger partial charge in [0.05, 0.1) is 5.69 Å². The number of rotatable bonds is 4. The molecule has 0 saturated carbocycles. The zero-order chi connectivity index (χ0) is 20.8. The van der Waals surface area contributed by atoms with E-state index >= 15 is 0 Å². The maximum atomic E-state index is 4.83. The third kappa shape index (κ3) is 4.60. The van der Waals surface area contributed by atoms with Crippen LogP contribution in [0.3, 0.4) is 0 Å². The minimum Gasteiger partial charge on any atom is -0.354 e. The average molecular weight is 392 g/mol. The van der Waals surface area contributed by atoms with E-state index in [1.807, 2.05) is 6.92 Å². The van der Waals surface area contributed by atoms with Crippen molar-refractivity contribution in [3.05, 3.63) is 53.0 Å². The summed E-state index contributed by atoms with van der Waals surface area (Å²) in [5, 5.41) is 3.43. The lowest BCUT2D eigenvalue weighted by atomic mass is 10.1. The SMILES string of the molecule is C#CC.C=CC1=C(/C=C\C)CCC1N1Cc2nc(C)nc(N3CCNCC3)c2C1. The number of hydrogen-bond acceptors (Lipinski definition) is 5. The van der Waals surface area contributed by atoms with Gasteiger partial charge in [-0.2, -0.15) is 0 Å². The van der Waals surface area contributed by atoms with Crippen LogP contribution in [0.5, 0.6) is 0 Å². The highest BCUT2D eigenvalue weighted by atomic mass is 15.3. The van der Waals surface area contributed by atoms with Gasteiger partial charge in [0.2, 0.25) is 0 Å². The van der Waals surface area contributed by atoms with Crippen molar-refractivity contribution in [3.63, 3.8) is 0 Å². The van der Waals surface area contributed by atoms with Crippen LogP contribution in [0.4, 0.5) is 5.82 Å². The molecule has 3 heterocycles. The molecule has 4 rings (SSSR count). The van der Waals surface area contributed by atoms with Crippen LogP contribution in [-0.2, 0) is 13.1 Å². The standard InChI is InChI=1S/C21H29N5.C3H4/c1-4-6-16-7-8-20(17(16)5-2)26-13-18-19(14-26)23-15(3)24-21(18)25-11-9-22-10-12-25;1-3-2/h4-6,20,22H,2,7-14H2,1,3H3;1H,2H3/b6-4-;. The van der Waals surface area contributed by atoms with E-state index in [0.717, 1.165) is 57.3 Å². The van der Waals surface area contributed by atoms with E-state index in [2.05, 4.69) is 59.2 Å².